The van der Waals surface area contributed by atoms with Crippen LogP contribution in [-0.4, -0.2) is 20.4 Å². The van der Waals surface area contributed by atoms with Gasteiger partial charge in [0, 0.05) is 23.5 Å². The van der Waals surface area contributed by atoms with E-state index in [0.29, 0.717) is 10.0 Å². The molecular formula is C13H12N4OS2. The van der Waals surface area contributed by atoms with E-state index in [9.17, 15) is 4.79 Å². The molecule has 3 aromatic heterocycles. The number of carbonyl (C=O) groups excluding carboxylic acids is 1. The SMILES string of the molecule is Cc1cnc(NC(=O)c2sc(-n3cccc3)nc2C)s1. The second-order valence-electron chi connectivity index (χ2n) is 4.23. The molecule has 0 spiro atoms. The number of nitrogens with one attached hydrogen (secondary N) is 1. The van der Waals surface area contributed by atoms with E-state index in [1.165, 1.54) is 22.7 Å². The van der Waals surface area contributed by atoms with Crippen LogP contribution in [0.3, 0.4) is 0 Å². The molecule has 0 fully saturated rings. The lowest BCUT2D eigenvalue weighted by molar-refractivity contribution is 0.103. The van der Waals surface area contributed by atoms with Gasteiger partial charge in [-0.25, -0.2) is 9.97 Å². The molecule has 1 N–H and O–H groups in total. The molecule has 0 unspecified atom stereocenters. The summed E-state index contributed by atoms with van der Waals surface area (Å²) < 4.78 is 1.89. The first-order valence-corrected chi connectivity index (χ1v) is 7.61. The van der Waals surface area contributed by atoms with E-state index in [0.717, 1.165) is 15.7 Å². The van der Waals surface area contributed by atoms with Crippen molar-refractivity contribution >= 4 is 33.7 Å². The van der Waals surface area contributed by atoms with Gasteiger partial charge in [-0.1, -0.05) is 11.3 Å². The van der Waals surface area contributed by atoms with Gasteiger partial charge in [-0.3, -0.25) is 10.1 Å². The van der Waals surface area contributed by atoms with Crippen LogP contribution in [0, 0.1) is 13.8 Å². The van der Waals surface area contributed by atoms with Crippen LogP contribution >= 0.6 is 22.7 Å². The minimum absolute atomic E-state index is 0.159. The van der Waals surface area contributed by atoms with Gasteiger partial charge in [0.05, 0.1) is 5.69 Å². The van der Waals surface area contributed by atoms with Crippen LogP contribution in [-0.2, 0) is 0 Å². The molecule has 20 heavy (non-hydrogen) atoms. The number of hydrogen-bond donors (Lipinski definition) is 1. The summed E-state index contributed by atoms with van der Waals surface area (Å²) in [6.45, 7) is 3.79. The highest BCUT2D eigenvalue weighted by molar-refractivity contribution is 7.17. The van der Waals surface area contributed by atoms with Gasteiger partial charge in [-0.05, 0) is 26.0 Å². The molecule has 0 aliphatic carbocycles. The molecule has 3 rings (SSSR count). The zero-order valence-electron chi connectivity index (χ0n) is 11.0. The van der Waals surface area contributed by atoms with Crippen molar-refractivity contribution in [2.24, 2.45) is 0 Å². The maximum Gasteiger partial charge on any atom is 0.269 e. The molecule has 3 heterocycles. The Morgan fingerprint density at radius 2 is 2.00 bits per heavy atom. The lowest BCUT2D eigenvalue weighted by Crippen LogP contribution is -2.11. The first-order chi connectivity index (χ1) is 9.63. The zero-order chi connectivity index (χ0) is 14.1. The van der Waals surface area contributed by atoms with Gasteiger partial charge in [0.1, 0.15) is 4.88 Å². The van der Waals surface area contributed by atoms with Crippen molar-refractivity contribution in [3.05, 3.63) is 46.2 Å². The largest absolute Gasteiger partial charge is 0.300 e. The first kappa shape index (κ1) is 13.0. The quantitative estimate of drug-likeness (QED) is 0.808. The molecule has 0 aliphatic rings. The smallest absolute Gasteiger partial charge is 0.269 e. The van der Waals surface area contributed by atoms with E-state index in [4.69, 9.17) is 0 Å². The summed E-state index contributed by atoms with van der Waals surface area (Å²) in [7, 11) is 0. The van der Waals surface area contributed by atoms with Crippen LogP contribution in [0.2, 0.25) is 0 Å². The number of thiazole rings is 2. The van der Waals surface area contributed by atoms with E-state index in [2.05, 4.69) is 15.3 Å². The van der Waals surface area contributed by atoms with Crippen LogP contribution < -0.4 is 5.32 Å². The van der Waals surface area contributed by atoms with Crippen molar-refractivity contribution in [1.29, 1.82) is 0 Å². The number of aromatic nitrogens is 3. The Labute approximate surface area is 123 Å². The second kappa shape index (κ2) is 5.18. The van der Waals surface area contributed by atoms with Crippen molar-refractivity contribution < 1.29 is 4.79 Å². The van der Waals surface area contributed by atoms with Gasteiger partial charge in [-0.2, -0.15) is 0 Å². The van der Waals surface area contributed by atoms with E-state index in [1.807, 2.05) is 42.9 Å². The molecule has 1 amide bonds. The number of hydrogen-bond acceptors (Lipinski definition) is 5. The van der Waals surface area contributed by atoms with Gasteiger partial charge in [0.25, 0.3) is 5.91 Å². The highest BCUT2D eigenvalue weighted by atomic mass is 32.1. The lowest BCUT2D eigenvalue weighted by Gasteiger charge is -1.98. The molecule has 0 aliphatic heterocycles. The highest BCUT2D eigenvalue weighted by Gasteiger charge is 2.17. The number of rotatable bonds is 3. The molecular weight excluding hydrogens is 292 g/mol. The van der Waals surface area contributed by atoms with Crippen LogP contribution in [0.4, 0.5) is 5.13 Å². The average Bonchev–Trinajstić information content (AvgIpc) is 3.09. The molecule has 5 nitrogen and oxygen atoms in total. The molecule has 102 valence electrons. The summed E-state index contributed by atoms with van der Waals surface area (Å²) in [4.78, 5) is 22.5. The summed E-state index contributed by atoms with van der Waals surface area (Å²) in [6.07, 6.45) is 5.55. The minimum Gasteiger partial charge on any atom is -0.300 e. The summed E-state index contributed by atoms with van der Waals surface area (Å²) in [5, 5.41) is 4.21. The van der Waals surface area contributed by atoms with E-state index in [1.54, 1.807) is 6.20 Å². The molecule has 3 aromatic rings. The number of amides is 1. The number of nitrogens with zero attached hydrogens (tertiary/aromatic N) is 3. The third-order valence-corrected chi connectivity index (χ3v) is 4.66. The van der Waals surface area contributed by atoms with Gasteiger partial charge < -0.3 is 4.57 Å². The third-order valence-electron chi connectivity index (χ3n) is 2.66. The molecule has 0 saturated carbocycles. The summed E-state index contributed by atoms with van der Waals surface area (Å²) >= 11 is 2.83. The highest BCUT2D eigenvalue weighted by Crippen LogP contribution is 2.24. The fraction of sp³-hybridized carbons (Fsp3) is 0.154. The summed E-state index contributed by atoms with van der Waals surface area (Å²) in [5.41, 5.74) is 0.726. The van der Waals surface area contributed by atoms with Crippen molar-refractivity contribution in [2.45, 2.75) is 13.8 Å². The van der Waals surface area contributed by atoms with Crippen molar-refractivity contribution in [3.8, 4) is 5.13 Å². The molecule has 0 aromatic carbocycles. The second-order valence-corrected chi connectivity index (χ2v) is 6.44. The monoisotopic (exact) mass is 304 g/mol. The number of anilines is 1. The van der Waals surface area contributed by atoms with Gasteiger partial charge in [0.15, 0.2) is 10.3 Å². The number of aryl methyl sites for hydroxylation is 2. The van der Waals surface area contributed by atoms with Crippen molar-refractivity contribution in [3.63, 3.8) is 0 Å². The maximum absolute atomic E-state index is 12.2. The van der Waals surface area contributed by atoms with E-state index >= 15 is 0 Å². The van der Waals surface area contributed by atoms with E-state index < -0.39 is 0 Å². The van der Waals surface area contributed by atoms with Gasteiger partial charge in [0.2, 0.25) is 0 Å². The Balaban J connectivity index is 1.85. The topological polar surface area (TPSA) is 59.8 Å². The van der Waals surface area contributed by atoms with Crippen LogP contribution in [0.15, 0.2) is 30.7 Å². The fourth-order valence-electron chi connectivity index (χ4n) is 1.73. The van der Waals surface area contributed by atoms with Crippen molar-refractivity contribution in [2.75, 3.05) is 5.32 Å². The fourth-order valence-corrected chi connectivity index (χ4v) is 3.32. The Hall–Kier alpha value is -1.99. The van der Waals surface area contributed by atoms with Crippen LogP contribution in [0.1, 0.15) is 20.2 Å². The standard InChI is InChI=1S/C13H12N4OS2/c1-8-7-14-12(19-8)16-11(18)10-9(2)15-13(20-10)17-5-3-4-6-17/h3-7H,1-2H3,(H,14,16,18). The van der Waals surface area contributed by atoms with Crippen molar-refractivity contribution in [1.82, 2.24) is 14.5 Å². The normalized spacial score (nSPS) is 10.7. The first-order valence-electron chi connectivity index (χ1n) is 5.98. The Morgan fingerprint density at radius 3 is 2.65 bits per heavy atom. The van der Waals surface area contributed by atoms with Crippen LogP contribution in [0.25, 0.3) is 5.13 Å². The Bertz CT molecular complexity index is 742. The Kier molecular flexibility index (Phi) is 3.37. The predicted octanol–water partition coefficient (Wildman–Crippen LogP) is 3.26. The lowest BCUT2D eigenvalue weighted by atomic mass is 10.4. The third kappa shape index (κ3) is 2.50. The average molecular weight is 304 g/mol. The molecule has 0 bridgehead atoms. The molecule has 7 heteroatoms. The molecule has 0 radical (unpaired) electrons. The Morgan fingerprint density at radius 1 is 1.25 bits per heavy atom. The predicted molar refractivity (Wildman–Crippen MR) is 81.0 cm³/mol. The number of carbonyl (C=O) groups is 1. The zero-order valence-corrected chi connectivity index (χ0v) is 12.6. The van der Waals surface area contributed by atoms with Crippen LogP contribution in [0.5, 0.6) is 0 Å². The maximum atomic E-state index is 12.2. The molecule has 0 saturated heterocycles. The molecule has 0 atom stereocenters. The van der Waals surface area contributed by atoms with Gasteiger partial charge >= 0.3 is 0 Å². The van der Waals surface area contributed by atoms with E-state index in [-0.39, 0.29) is 5.91 Å². The minimum atomic E-state index is -0.159. The summed E-state index contributed by atoms with van der Waals surface area (Å²) in [6, 6.07) is 3.85. The van der Waals surface area contributed by atoms with Gasteiger partial charge in [-0.15, -0.1) is 11.3 Å². The summed E-state index contributed by atoms with van der Waals surface area (Å²) in [5.74, 6) is -0.159.